The number of unbranched alkanes of at least 4 members (excludes halogenated alkanes) is 24. The zero-order valence-electron chi connectivity index (χ0n) is 41.7. The van der Waals surface area contributed by atoms with E-state index >= 15 is 0 Å². The van der Waals surface area contributed by atoms with Gasteiger partial charge >= 0.3 is 19.5 Å². The molecule has 7 heteroatoms. The average molecular weight is 1060 g/mol. The van der Waals surface area contributed by atoms with Crippen LogP contribution in [-0.4, -0.2) is 9.97 Å². The zero-order chi connectivity index (χ0) is 45.2. The van der Waals surface area contributed by atoms with E-state index in [1.54, 1.807) is 0 Å². The third-order valence-corrected chi connectivity index (χ3v) is 15.6. The SMILES string of the molecule is CCCCCCCCCCC(CCCCCCCC)c1c2nc(c(Br)c3ccc([n-]3)c(C(CCCCCCCC)CCCCCCCCCC)c3nc(c(Br)c4ccc1[n-]4)C=C3)C=C2.[Zn+2]. The molecule has 0 saturated heterocycles. The Bertz CT molecular complexity index is 1870. The Kier molecular flexibility index (Phi) is 28.2. The fourth-order valence-corrected chi connectivity index (χ4v) is 11.0. The Labute approximate surface area is 426 Å². The van der Waals surface area contributed by atoms with Gasteiger partial charge in [0.05, 0.1) is 22.8 Å². The van der Waals surface area contributed by atoms with E-state index in [1.807, 2.05) is 0 Å². The smallest absolute Gasteiger partial charge is 0.657 e. The number of nitrogens with zero attached hydrogens (tertiary/aromatic N) is 4. The summed E-state index contributed by atoms with van der Waals surface area (Å²) in [6.07, 6.45) is 50.7. The normalized spacial score (nSPS) is 13.1. The van der Waals surface area contributed by atoms with E-state index in [1.165, 1.54) is 217 Å². The zero-order valence-corrected chi connectivity index (χ0v) is 47.8. The van der Waals surface area contributed by atoms with Gasteiger partial charge in [0, 0.05) is 8.95 Å². The molecule has 3 aromatic heterocycles. The quantitative estimate of drug-likeness (QED) is 0.0304. The van der Waals surface area contributed by atoms with E-state index < -0.39 is 0 Å². The first-order chi connectivity index (χ1) is 31.5. The van der Waals surface area contributed by atoms with Crippen LogP contribution in [0.4, 0.5) is 0 Å². The molecule has 2 aliphatic heterocycles. The molecule has 2 unspecified atom stereocenters. The van der Waals surface area contributed by atoms with Gasteiger partial charge in [-0.2, -0.15) is 0 Å². The van der Waals surface area contributed by atoms with E-state index in [9.17, 15) is 0 Å². The van der Waals surface area contributed by atoms with E-state index in [2.05, 4.69) is 108 Å². The molecule has 5 rings (SSSR count). The van der Waals surface area contributed by atoms with Gasteiger partial charge in [-0.3, -0.25) is 0 Å². The fraction of sp³-hybridized carbons (Fsp3) is 0.655. The van der Waals surface area contributed by atoms with Gasteiger partial charge in [0.15, 0.2) is 0 Å². The number of aromatic nitrogens is 4. The van der Waals surface area contributed by atoms with Crippen LogP contribution in [0.25, 0.3) is 46.4 Å². The first-order valence-electron chi connectivity index (χ1n) is 26.8. The Morgan fingerprint density at radius 3 is 0.892 bits per heavy atom. The van der Waals surface area contributed by atoms with Crippen molar-refractivity contribution in [3.8, 4) is 0 Å². The number of hydrogen-bond acceptors (Lipinski definition) is 2. The van der Waals surface area contributed by atoms with Crippen LogP contribution in [0.1, 0.15) is 279 Å². The first kappa shape index (κ1) is 55.8. The number of fused-ring (bicyclic) bond motifs is 8. The predicted octanol–water partition coefficient (Wildman–Crippen LogP) is 20.2. The van der Waals surface area contributed by atoms with Crippen LogP contribution in [-0.2, 0) is 19.5 Å². The summed E-state index contributed by atoms with van der Waals surface area (Å²) in [7, 11) is 0. The maximum atomic E-state index is 5.44. The summed E-state index contributed by atoms with van der Waals surface area (Å²) in [4.78, 5) is 21.8. The van der Waals surface area contributed by atoms with Crippen molar-refractivity contribution < 1.29 is 19.5 Å². The molecule has 5 heterocycles. The molecule has 354 valence electrons. The van der Waals surface area contributed by atoms with Crippen LogP contribution in [0, 0.1) is 0 Å². The molecule has 2 atom stereocenters. The van der Waals surface area contributed by atoms with Gasteiger partial charge < -0.3 is 9.97 Å². The minimum absolute atomic E-state index is 0. The molecule has 2 aliphatic rings. The molecule has 4 nitrogen and oxygen atoms in total. The molecule has 3 aromatic rings. The molecule has 0 saturated carbocycles. The monoisotopic (exact) mass is 1060 g/mol. The summed E-state index contributed by atoms with van der Waals surface area (Å²) in [6.45, 7) is 9.23. The third kappa shape index (κ3) is 18.6. The fourth-order valence-electron chi connectivity index (χ4n) is 10.2. The van der Waals surface area contributed by atoms with Crippen molar-refractivity contribution in [1.29, 1.82) is 0 Å². The van der Waals surface area contributed by atoms with Crippen LogP contribution in [0.15, 0.2) is 33.2 Å². The number of rotatable bonds is 34. The molecule has 0 radical (unpaired) electrons. The third-order valence-electron chi connectivity index (χ3n) is 14.0. The maximum Gasteiger partial charge on any atom is 2.00 e. The van der Waals surface area contributed by atoms with Crippen LogP contribution < -0.4 is 9.97 Å². The average Bonchev–Trinajstić information content (AvgIpc) is 4.16. The molecule has 0 aromatic carbocycles. The van der Waals surface area contributed by atoms with E-state index in [0.29, 0.717) is 11.8 Å². The van der Waals surface area contributed by atoms with Crippen molar-refractivity contribution in [3.05, 3.63) is 67.1 Å². The van der Waals surface area contributed by atoms with Crippen molar-refractivity contribution in [2.45, 2.75) is 245 Å². The summed E-state index contributed by atoms with van der Waals surface area (Å²) in [5.41, 5.74) is 10.7. The summed E-state index contributed by atoms with van der Waals surface area (Å²) < 4.78 is 1.93. The van der Waals surface area contributed by atoms with Gasteiger partial charge in [-0.1, -0.05) is 232 Å². The van der Waals surface area contributed by atoms with Crippen molar-refractivity contribution in [1.82, 2.24) is 19.9 Å². The van der Waals surface area contributed by atoms with E-state index in [4.69, 9.17) is 19.9 Å². The molecular formula is C58H86Br2N4Zn. The largest absolute Gasteiger partial charge is 2.00 e. The molecule has 8 bridgehead atoms. The molecule has 0 fully saturated rings. The molecular weight excluding hydrogens is 978 g/mol. The summed E-state index contributed by atoms with van der Waals surface area (Å²) in [5.74, 6) is 0.810. The van der Waals surface area contributed by atoms with Crippen LogP contribution >= 0.6 is 31.9 Å². The van der Waals surface area contributed by atoms with Crippen molar-refractivity contribution in [3.63, 3.8) is 0 Å². The summed E-state index contributed by atoms with van der Waals surface area (Å²) in [5, 5.41) is 0. The van der Waals surface area contributed by atoms with Crippen LogP contribution in [0.3, 0.4) is 0 Å². The first-order valence-corrected chi connectivity index (χ1v) is 28.4. The Hall–Kier alpha value is -1.82. The van der Waals surface area contributed by atoms with Gasteiger partial charge in [-0.25, -0.2) is 9.97 Å². The minimum Gasteiger partial charge on any atom is -0.657 e. The number of halogens is 2. The van der Waals surface area contributed by atoms with Crippen LogP contribution in [0.2, 0.25) is 0 Å². The second-order valence-electron chi connectivity index (χ2n) is 19.4. The van der Waals surface area contributed by atoms with Crippen molar-refractivity contribution in [2.75, 3.05) is 0 Å². The van der Waals surface area contributed by atoms with Gasteiger partial charge in [-0.15, -0.1) is 22.1 Å². The minimum atomic E-state index is 0. The predicted molar refractivity (Wildman–Crippen MR) is 288 cm³/mol. The standard InChI is InChI=1S/C58H86Br2N4.Zn/c1-5-9-13-17-21-23-27-31-35-45(33-29-25-19-15-11-7-3)55-47-37-41-51(61-47)57(59)53-43-39-49(63-53)56(50-40-44-54(64-50)58(60)52-42-38-48(55)62-52)46(34-30-26-20-16-12-8-4)36-32-28-24-22-18-14-10-6-2;/h37-46H,5-36H2,1-4H3;/q-2;+2. The van der Waals surface area contributed by atoms with Gasteiger partial charge in [-0.05, 0) is 105 Å². The molecule has 65 heavy (non-hydrogen) atoms. The Morgan fingerprint density at radius 2 is 0.600 bits per heavy atom. The summed E-state index contributed by atoms with van der Waals surface area (Å²) in [6, 6.07) is 8.92. The molecule has 0 amide bonds. The van der Waals surface area contributed by atoms with Crippen molar-refractivity contribution >= 4 is 78.2 Å². The molecule has 0 aliphatic carbocycles. The second kappa shape index (κ2) is 32.8. The van der Waals surface area contributed by atoms with Crippen molar-refractivity contribution in [2.24, 2.45) is 0 Å². The number of hydrogen-bond donors (Lipinski definition) is 0. The molecule has 0 spiro atoms. The van der Waals surface area contributed by atoms with Crippen LogP contribution in [0.5, 0.6) is 0 Å². The second-order valence-corrected chi connectivity index (χ2v) is 20.9. The Balaban J connectivity index is 0.00000925. The van der Waals surface area contributed by atoms with E-state index in [-0.39, 0.29) is 19.5 Å². The topological polar surface area (TPSA) is 54.0 Å². The summed E-state index contributed by atoms with van der Waals surface area (Å²) >= 11 is 8.12. The Morgan fingerprint density at radius 1 is 0.354 bits per heavy atom. The van der Waals surface area contributed by atoms with Gasteiger partial charge in [0.25, 0.3) is 0 Å². The molecule has 0 N–H and O–H groups in total. The maximum absolute atomic E-state index is 5.44. The van der Waals surface area contributed by atoms with E-state index in [0.717, 1.165) is 53.8 Å². The van der Waals surface area contributed by atoms with Gasteiger partial charge in [0.2, 0.25) is 0 Å². The van der Waals surface area contributed by atoms with Gasteiger partial charge in [0.1, 0.15) is 0 Å².